The zero-order chi connectivity index (χ0) is 17.1. The molecule has 0 fully saturated rings. The van der Waals surface area contributed by atoms with Crippen LogP contribution in [0.4, 0.5) is 5.69 Å². The maximum atomic E-state index is 12.7. The van der Waals surface area contributed by atoms with Gasteiger partial charge in [0.2, 0.25) is 0 Å². The summed E-state index contributed by atoms with van der Waals surface area (Å²) in [5, 5.41) is 6.42. The Balaban J connectivity index is 1.93. The van der Waals surface area contributed by atoms with Crippen LogP contribution >= 0.6 is 22.7 Å². The quantitative estimate of drug-likeness (QED) is 0.681. The summed E-state index contributed by atoms with van der Waals surface area (Å²) in [6.45, 7) is 1.99. The van der Waals surface area contributed by atoms with Gasteiger partial charge >= 0.3 is 5.97 Å². The fourth-order valence-corrected chi connectivity index (χ4v) is 4.06. The fourth-order valence-electron chi connectivity index (χ4n) is 2.43. The predicted octanol–water partition coefficient (Wildman–Crippen LogP) is 4.82. The minimum atomic E-state index is -0.454. The molecule has 0 radical (unpaired) electrons. The minimum Gasteiger partial charge on any atom is -0.465 e. The van der Waals surface area contributed by atoms with E-state index in [2.05, 4.69) is 5.32 Å². The first kappa shape index (κ1) is 16.4. The summed E-state index contributed by atoms with van der Waals surface area (Å²) >= 11 is 2.77. The van der Waals surface area contributed by atoms with Crippen LogP contribution in [0.1, 0.15) is 24.9 Å². The Morgan fingerprint density at radius 3 is 2.54 bits per heavy atom. The molecule has 0 aliphatic carbocycles. The highest BCUT2D eigenvalue weighted by atomic mass is 32.1. The van der Waals surface area contributed by atoms with E-state index in [4.69, 9.17) is 4.74 Å². The number of hydrogen-bond donors (Lipinski definition) is 1. The SMILES string of the molecule is COC(=O)c1sccc1NC(=O)c1csc(C)c1-c1ccccc1. The molecule has 2 aromatic heterocycles. The van der Waals surface area contributed by atoms with Gasteiger partial charge in [0.05, 0.1) is 18.4 Å². The van der Waals surface area contributed by atoms with E-state index in [1.807, 2.05) is 42.6 Å². The zero-order valence-electron chi connectivity index (χ0n) is 13.2. The van der Waals surface area contributed by atoms with Crippen molar-refractivity contribution in [3.05, 3.63) is 62.5 Å². The Kier molecular flexibility index (Phi) is 4.78. The zero-order valence-corrected chi connectivity index (χ0v) is 14.8. The first-order valence-corrected chi connectivity index (χ1v) is 8.98. The topological polar surface area (TPSA) is 55.4 Å². The number of rotatable bonds is 4. The summed E-state index contributed by atoms with van der Waals surface area (Å²) < 4.78 is 4.74. The Morgan fingerprint density at radius 2 is 1.83 bits per heavy atom. The van der Waals surface area contributed by atoms with Crippen LogP contribution in [-0.2, 0) is 4.74 Å². The van der Waals surface area contributed by atoms with Gasteiger partial charge in [0.1, 0.15) is 4.88 Å². The second-order valence-corrected chi connectivity index (χ2v) is 7.06. The highest BCUT2D eigenvalue weighted by Gasteiger charge is 2.20. The molecule has 0 saturated carbocycles. The maximum absolute atomic E-state index is 12.7. The third kappa shape index (κ3) is 3.11. The smallest absolute Gasteiger partial charge is 0.350 e. The summed E-state index contributed by atoms with van der Waals surface area (Å²) in [7, 11) is 1.32. The maximum Gasteiger partial charge on any atom is 0.350 e. The Morgan fingerprint density at radius 1 is 1.08 bits per heavy atom. The number of anilines is 1. The Hall–Kier alpha value is -2.44. The van der Waals surface area contributed by atoms with E-state index in [1.165, 1.54) is 29.8 Å². The molecule has 1 N–H and O–H groups in total. The van der Waals surface area contributed by atoms with Gasteiger partial charge in [0, 0.05) is 15.8 Å². The van der Waals surface area contributed by atoms with Crippen molar-refractivity contribution < 1.29 is 14.3 Å². The van der Waals surface area contributed by atoms with Crippen molar-refractivity contribution in [1.82, 2.24) is 0 Å². The van der Waals surface area contributed by atoms with Gasteiger partial charge < -0.3 is 10.1 Å². The molecule has 3 rings (SSSR count). The number of thiophene rings is 2. The summed E-state index contributed by atoms with van der Waals surface area (Å²) in [6.07, 6.45) is 0. The summed E-state index contributed by atoms with van der Waals surface area (Å²) in [6, 6.07) is 11.5. The molecule has 1 amide bonds. The predicted molar refractivity (Wildman–Crippen MR) is 98.1 cm³/mol. The van der Waals surface area contributed by atoms with Gasteiger partial charge in [-0.05, 0) is 23.9 Å². The number of aryl methyl sites for hydroxylation is 1. The van der Waals surface area contributed by atoms with Gasteiger partial charge in [0.15, 0.2) is 0 Å². The van der Waals surface area contributed by atoms with E-state index in [0.29, 0.717) is 16.1 Å². The molecule has 1 aromatic carbocycles. The molecule has 2 heterocycles. The van der Waals surface area contributed by atoms with Crippen LogP contribution in [0.2, 0.25) is 0 Å². The van der Waals surface area contributed by atoms with Gasteiger partial charge in [-0.1, -0.05) is 30.3 Å². The normalized spacial score (nSPS) is 10.4. The van der Waals surface area contributed by atoms with E-state index < -0.39 is 5.97 Å². The highest BCUT2D eigenvalue weighted by Crippen LogP contribution is 2.33. The lowest BCUT2D eigenvalue weighted by molar-refractivity contribution is 0.0607. The van der Waals surface area contributed by atoms with Gasteiger partial charge in [0.25, 0.3) is 5.91 Å². The molecule has 0 unspecified atom stereocenters. The number of nitrogens with one attached hydrogen (secondary N) is 1. The molecule has 122 valence electrons. The van der Waals surface area contributed by atoms with Crippen molar-refractivity contribution in [2.24, 2.45) is 0 Å². The number of amides is 1. The first-order valence-electron chi connectivity index (χ1n) is 7.22. The summed E-state index contributed by atoms with van der Waals surface area (Å²) in [5.74, 6) is -0.688. The summed E-state index contributed by atoms with van der Waals surface area (Å²) in [5.41, 5.74) is 3.00. The number of benzene rings is 1. The molecule has 0 bridgehead atoms. The second-order valence-electron chi connectivity index (χ2n) is 5.06. The highest BCUT2D eigenvalue weighted by molar-refractivity contribution is 7.12. The minimum absolute atomic E-state index is 0.234. The second kappa shape index (κ2) is 6.98. The number of carbonyl (C=O) groups excluding carboxylic acids is 2. The van der Waals surface area contributed by atoms with Gasteiger partial charge in [-0.2, -0.15) is 0 Å². The average Bonchev–Trinajstić information content (AvgIpc) is 3.21. The molecule has 3 aromatic rings. The lowest BCUT2D eigenvalue weighted by atomic mass is 10.0. The Bertz CT molecular complexity index is 881. The molecule has 0 aliphatic rings. The monoisotopic (exact) mass is 357 g/mol. The van der Waals surface area contributed by atoms with Crippen LogP contribution in [-0.4, -0.2) is 19.0 Å². The lowest BCUT2D eigenvalue weighted by Gasteiger charge is -2.08. The van der Waals surface area contributed by atoms with E-state index in [0.717, 1.165) is 16.0 Å². The van der Waals surface area contributed by atoms with Crippen LogP contribution in [0.25, 0.3) is 11.1 Å². The molecule has 0 aliphatic heterocycles. The molecule has 0 spiro atoms. The van der Waals surface area contributed by atoms with Gasteiger partial charge in [-0.25, -0.2) is 4.79 Å². The van der Waals surface area contributed by atoms with Crippen molar-refractivity contribution in [2.45, 2.75) is 6.92 Å². The molecule has 6 heteroatoms. The molecular weight excluding hydrogens is 342 g/mol. The fraction of sp³-hybridized carbons (Fsp3) is 0.111. The van der Waals surface area contributed by atoms with Gasteiger partial charge in [-0.15, -0.1) is 22.7 Å². The molecule has 0 atom stereocenters. The van der Waals surface area contributed by atoms with E-state index in [-0.39, 0.29) is 5.91 Å². The molecule has 4 nitrogen and oxygen atoms in total. The third-order valence-electron chi connectivity index (χ3n) is 3.57. The number of methoxy groups -OCH3 is 1. The number of carbonyl (C=O) groups is 2. The van der Waals surface area contributed by atoms with Crippen LogP contribution in [0.3, 0.4) is 0 Å². The standard InChI is InChI=1S/C18H15NO3S2/c1-11-15(12-6-4-3-5-7-12)13(10-24-11)17(20)19-14-8-9-23-16(14)18(21)22-2/h3-10H,1-2H3,(H,19,20). The summed E-state index contributed by atoms with van der Waals surface area (Å²) in [4.78, 5) is 25.9. The van der Waals surface area contributed by atoms with Gasteiger partial charge in [-0.3, -0.25) is 4.79 Å². The van der Waals surface area contributed by atoms with Crippen LogP contribution in [0.15, 0.2) is 47.2 Å². The number of esters is 1. The van der Waals surface area contributed by atoms with Crippen molar-refractivity contribution in [3.63, 3.8) is 0 Å². The largest absolute Gasteiger partial charge is 0.465 e. The van der Waals surface area contributed by atoms with Crippen molar-refractivity contribution >= 4 is 40.2 Å². The first-order chi connectivity index (χ1) is 11.6. The van der Waals surface area contributed by atoms with E-state index in [1.54, 1.807) is 11.4 Å². The van der Waals surface area contributed by atoms with Crippen molar-refractivity contribution in [1.29, 1.82) is 0 Å². The van der Waals surface area contributed by atoms with Crippen molar-refractivity contribution in [3.8, 4) is 11.1 Å². The van der Waals surface area contributed by atoms with Crippen LogP contribution in [0.5, 0.6) is 0 Å². The third-order valence-corrected chi connectivity index (χ3v) is 5.37. The van der Waals surface area contributed by atoms with Crippen molar-refractivity contribution in [2.75, 3.05) is 12.4 Å². The van der Waals surface area contributed by atoms with E-state index in [9.17, 15) is 9.59 Å². The molecular formula is C18H15NO3S2. The lowest BCUT2D eigenvalue weighted by Crippen LogP contribution is -2.14. The van der Waals surface area contributed by atoms with Crippen LogP contribution in [0, 0.1) is 6.92 Å². The molecule has 24 heavy (non-hydrogen) atoms. The van der Waals surface area contributed by atoms with E-state index >= 15 is 0 Å². The average molecular weight is 357 g/mol. The Labute approximate surface area is 147 Å². The number of ether oxygens (including phenoxy) is 1. The van der Waals surface area contributed by atoms with Crippen LogP contribution < -0.4 is 5.32 Å². The number of hydrogen-bond acceptors (Lipinski definition) is 5. The molecule has 0 saturated heterocycles.